The zero-order chi connectivity index (χ0) is 13.5. The van der Waals surface area contributed by atoms with Gasteiger partial charge in [-0.15, -0.1) is 0 Å². The number of rotatable bonds is 2. The Labute approximate surface area is 112 Å². The second-order valence-corrected chi connectivity index (χ2v) is 5.49. The van der Waals surface area contributed by atoms with Gasteiger partial charge in [0, 0.05) is 11.0 Å². The summed E-state index contributed by atoms with van der Waals surface area (Å²) in [7, 11) is 0. The van der Waals surface area contributed by atoms with Gasteiger partial charge in [0.15, 0.2) is 0 Å². The lowest BCUT2D eigenvalue weighted by molar-refractivity contribution is -0.125. The maximum atomic E-state index is 13.0. The summed E-state index contributed by atoms with van der Waals surface area (Å²) in [6, 6.07) is 3.81. The van der Waals surface area contributed by atoms with Crippen molar-refractivity contribution in [3.63, 3.8) is 0 Å². The Balaban J connectivity index is 2.28. The molecule has 1 N–H and O–H groups in total. The van der Waals surface area contributed by atoms with E-state index in [9.17, 15) is 14.0 Å². The van der Waals surface area contributed by atoms with Gasteiger partial charge in [-0.25, -0.2) is 9.18 Å². The Bertz CT molecular complexity index is 531. The van der Waals surface area contributed by atoms with Crippen LogP contribution in [0.1, 0.15) is 19.4 Å². The van der Waals surface area contributed by atoms with E-state index in [2.05, 4.69) is 21.2 Å². The molecule has 1 aliphatic rings. The van der Waals surface area contributed by atoms with Gasteiger partial charge in [0.2, 0.25) is 0 Å². The Kier molecular flexibility index (Phi) is 3.14. The molecular weight excluding hydrogens is 303 g/mol. The lowest BCUT2D eigenvalue weighted by atomic mass is 10.0. The van der Waals surface area contributed by atoms with E-state index in [0.29, 0.717) is 4.47 Å². The number of carbonyl (C=O) groups is 2. The average molecular weight is 315 g/mol. The van der Waals surface area contributed by atoms with Crippen LogP contribution in [0.4, 0.5) is 9.18 Å². The van der Waals surface area contributed by atoms with E-state index in [1.807, 2.05) is 0 Å². The average Bonchev–Trinajstić information content (AvgIpc) is 2.44. The Morgan fingerprint density at radius 2 is 2.06 bits per heavy atom. The van der Waals surface area contributed by atoms with E-state index < -0.39 is 11.6 Å². The number of carbonyl (C=O) groups excluding carboxylic acids is 2. The van der Waals surface area contributed by atoms with Gasteiger partial charge >= 0.3 is 6.03 Å². The van der Waals surface area contributed by atoms with Crippen LogP contribution in [0.5, 0.6) is 0 Å². The van der Waals surface area contributed by atoms with E-state index in [-0.39, 0.29) is 18.3 Å². The molecule has 2 rings (SSSR count). The minimum atomic E-state index is -0.898. The van der Waals surface area contributed by atoms with Crippen molar-refractivity contribution in [3.8, 4) is 0 Å². The van der Waals surface area contributed by atoms with Crippen LogP contribution in [0.2, 0.25) is 0 Å². The SMILES string of the molecule is CC1(C)C(=O)NC(=O)N1Cc1ccc(F)cc1Br. The molecule has 1 saturated heterocycles. The number of hydrogen-bond acceptors (Lipinski definition) is 2. The van der Waals surface area contributed by atoms with Gasteiger partial charge in [-0.1, -0.05) is 22.0 Å². The molecule has 96 valence electrons. The fraction of sp³-hybridized carbons (Fsp3) is 0.333. The molecule has 0 spiro atoms. The van der Waals surface area contributed by atoms with Gasteiger partial charge in [-0.3, -0.25) is 10.1 Å². The predicted molar refractivity (Wildman–Crippen MR) is 67.3 cm³/mol. The molecule has 0 bridgehead atoms. The topological polar surface area (TPSA) is 49.4 Å². The summed E-state index contributed by atoms with van der Waals surface area (Å²) in [6.07, 6.45) is 0. The van der Waals surface area contributed by atoms with Crippen molar-refractivity contribution in [1.82, 2.24) is 10.2 Å². The molecule has 0 aliphatic carbocycles. The maximum absolute atomic E-state index is 13.0. The van der Waals surface area contributed by atoms with Gasteiger partial charge < -0.3 is 4.90 Å². The molecule has 1 heterocycles. The molecule has 3 amide bonds. The number of nitrogens with zero attached hydrogens (tertiary/aromatic N) is 1. The van der Waals surface area contributed by atoms with Gasteiger partial charge in [0.25, 0.3) is 5.91 Å². The monoisotopic (exact) mass is 314 g/mol. The van der Waals surface area contributed by atoms with Crippen LogP contribution in [0.15, 0.2) is 22.7 Å². The normalized spacial score (nSPS) is 18.1. The number of urea groups is 1. The number of halogens is 2. The van der Waals surface area contributed by atoms with Crippen molar-refractivity contribution in [3.05, 3.63) is 34.1 Å². The molecule has 1 aromatic rings. The van der Waals surface area contributed by atoms with Crippen LogP contribution >= 0.6 is 15.9 Å². The lowest BCUT2D eigenvalue weighted by Gasteiger charge is -2.28. The fourth-order valence-electron chi connectivity index (χ4n) is 1.78. The third-order valence-electron chi connectivity index (χ3n) is 3.04. The highest BCUT2D eigenvalue weighted by molar-refractivity contribution is 9.10. The smallest absolute Gasteiger partial charge is 0.306 e. The summed E-state index contributed by atoms with van der Waals surface area (Å²) < 4.78 is 13.5. The fourth-order valence-corrected chi connectivity index (χ4v) is 2.26. The molecule has 4 nitrogen and oxygen atoms in total. The van der Waals surface area contributed by atoms with E-state index in [0.717, 1.165) is 5.56 Å². The van der Waals surface area contributed by atoms with E-state index in [1.165, 1.54) is 17.0 Å². The highest BCUT2D eigenvalue weighted by atomic mass is 79.9. The molecule has 0 radical (unpaired) electrons. The molecule has 0 atom stereocenters. The number of hydrogen-bond donors (Lipinski definition) is 1. The molecule has 0 unspecified atom stereocenters. The molecule has 1 aromatic carbocycles. The van der Waals surface area contributed by atoms with Crippen LogP contribution < -0.4 is 5.32 Å². The minimum Gasteiger partial charge on any atom is -0.306 e. The van der Waals surface area contributed by atoms with Gasteiger partial charge in [0.1, 0.15) is 11.4 Å². The van der Waals surface area contributed by atoms with E-state index >= 15 is 0 Å². The quantitative estimate of drug-likeness (QED) is 0.852. The summed E-state index contributed by atoms with van der Waals surface area (Å²) in [4.78, 5) is 24.7. The molecule has 0 aromatic heterocycles. The van der Waals surface area contributed by atoms with E-state index in [1.54, 1.807) is 19.9 Å². The van der Waals surface area contributed by atoms with Crippen molar-refractivity contribution >= 4 is 27.9 Å². The summed E-state index contributed by atoms with van der Waals surface area (Å²) >= 11 is 3.24. The minimum absolute atomic E-state index is 0.242. The zero-order valence-electron chi connectivity index (χ0n) is 9.96. The summed E-state index contributed by atoms with van der Waals surface area (Å²) in [5.74, 6) is -0.683. The van der Waals surface area contributed by atoms with Gasteiger partial charge in [-0.05, 0) is 31.5 Å². The third-order valence-corrected chi connectivity index (χ3v) is 3.78. The first-order chi connectivity index (χ1) is 8.32. The second-order valence-electron chi connectivity index (χ2n) is 4.64. The van der Waals surface area contributed by atoms with Crippen molar-refractivity contribution in [2.45, 2.75) is 25.9 Å². The predicted octanol–water partition coefficient (Wildman–Crippen LogP) is 2.42. The summed E-state index contributed by atoms with van der Waals surface area (Å²) in [6.45, 7) is 3.58. The Morgan fingerprint density at radius 1 is 1.39 bits per heavy atom. The molecular formula is C12H12BrFN2O2. The number of nitrogens with one attached hydrogen (secondary N) is 1. The van der Waals surface area contributed by atoms with Gasteiger partial charge in [-0.2, -0.15) is 0 Å². The molecule has 1 fully saturated rings. The highest BCUT2D eigenvalue weighted by Gasteiger charge is 2.45. The number of imide groups is 1. The van der Waals surface area contributed by atoms with Gasteiger partial charge in [0.05, 0.1) is 0 Å². The van der Waals surface area contributed by atoms with Crippen LogP contribution in [0.25, 0.3) is 0 Å². The second kappa shape index (κ2) is 4.35. The number of amides is 3. The van der Waals surface area contributed by atoms with Crippen LogP contribution in [-0.4, -0.2) is 22.4 Å². The lowest BCUT2D eigenvalue weighted by Crippen LogP contribution is -2.43. The highest BCUT2D eigenvalue weighted by Crippen LogP contribution is 2.26. The maximum Gasteiger partial charge on any atom is 0.325 e. The van der Waals surface area contributed by atoms with Crippen molar-refractivity contribution < 1.29 is 14.0 Å². The first-order valence-electron chi connectivity index (χ1n) is 5.39. The third kappa shape index (κ3) is 2.12. The largest absolute Gasteiger partial charge is 0.325 e. The first-order valence-corrected chi connectivity index (χ1v) is 6.18. The molecule has 1 aliphatic heterocycles. The zero-order valence-corrected chi connectivity index (χ0v) is 11.5. The van der Waals surface area contributed by atoms with Crippen LogP contribution in [-0.2, 0) is 11.3 Å². The van der Waals surface area contributed by atoms with Crippen LogP contribution in [0.3, 0.4) is 0 Å². The van der Waals surface area contributed by atoms with Crippen LogP contribution in [0, 0.1) is 5.82 Å². The van der Waals surface area contributed by atoms with Crippen molar-refractivity contribution in [1.29, 1.82) is 0 Å². The Morgan fingerprint density at radius 3 is 2.56 bits per heavy atom. The Hall–Kier alpha value is -1.43. The molecule has 6 heteroatoms. The van der Waals surface area contributed by atoms with Crippen molar-refractivity contribution in [2.75, 3.05) is 0 Å². The first kappa shape index (κ1) is 13.0. The summed E-state index contributed by atoms with van der Waals surface area (Å²) in [5, 5.41) is 2.27. The molecule has 18 heavy (non-hydrogen) atoms. The van der Waals surface area contributed by atoms with E-state index in [4.69, 9.17) is 0 Å². The number of benzene rings is 1. The standard InChI is InChI=1S/C12H12BrFN2O2/c1-12(2)10(17)15-11(18)16(12)6-7-3-4-8(14)5-9(7)13/h3-5H,6H2,1-2H3,(H,15,17,18). The van der Waals surface area contributed by atoms with Crippen molar-refractivity contribution in [2.24, 2.45) is 0 Å². The molecule has 0 saturated carbocycles. The summed E-state index contributed by atoms with van der Waals surface area (Å²) in [5.41, 5.74) is -0.153.